The molecule has 10 heteroatoms. The van der Waals surface area contributed by atoms with Gasteiger partial charge in [0.15, 0.2) is 0 Å². The highest BCUT2D eigenvalue weighted by Gasteiger charge is 2.28. The molecule has 1 aromatic heterocycles. The molecule has 0 aliphatic carbocycles. The first-order chi connectivity index (χ1) is 14.8. The second-order valence-corrected chi connectivity index (χ2v) is 7.61. The van der Waals surface area contributed by atoms with E-state index < -0.39 is 35.9 Å². The molecule has 2 atom stereocenters. The van der Waals surface area contributed by atoms with Crippen LogP contribution in [0.3, 0.4) is 0 Å². The molecule has 0 unspecified atom stereocenters. The number of ether oxygens (including phenoxy) is 2. The first-order valence-corrected chi connectivity index (χ1v) is 10.1. The normalized spacial score (nSPS) is 12.8. The van der Waals surface area contributed by atoms with Gasteiger partial charge in [0.05, 0.1) is 16.6 Å². The molecule has 1 heterocycles. The number of aromatic nitrogens is 1. The Hall–Kier alpha value is -3.00. The number of esters is 1. The number of halogens is 1. The highest BCUT2D eigenvalue weighted by molar-refractivity contribution is 6.35. The number of hydrogen-bond acceptors (Lipinski definition) is 5. The number of nitrogens with one attached hydrogen (secondary N) is 2. The molecule has 0 saturated carbocycles. The van der Waals surface area contributed by atoms with Gasteiger partial charge in [-0.2, -0.15) is 4.79 Å². The smallest absolute Gasteiger partial charge is 0.328 e. The minimum Gasteiger partial charge on any atom is -0.461 e. The number of para-hydroxylation sites is 1. The van der Waals surface area contributed by atoms with Gasteiger partial charge in [-0.25, -0.2) is 4.79 Å². The van der Waals surface area contributed by atoms with Crippen LogP contribution in [-0.2, 0) is 30.3 Å². The summed E-state index contributed by atoms with van der Waals surface area (Å²) in [6, 6.07) is 4.41. The molecule has 0 aliphatic rings. The van der Waals surface area contributed by atoms with E-state index in [9.17, 15) is 14.4 Å². The molecule has 2 aromatic rings. The molecule has 0 bridgehead atoms. The van der Waals surface area contributed by atoms with E-state index in [4.69, 9.17) is 26.6 Å². The number of rotatable bonds is 11. The van der Waals surface area contributed by atoms with Crippen LogP contribution in [0.1, 0.15) is 32.3 Å². The van der Waals surface area contributed by atoms with Crippen molar-refractivity contribution in [1.82, 2.24) is 10.3 Å². The molecule has 31 heavy (non-hydrogen) atoms. The Morgan fingerprint density at radius 3 is 2.71 bits per heavy atom. The number of amides is 1. The number of benzene rings is 1. The molecular formula is C21H25ClN4O5. The summed E-state index contributed by atoms with van der Waals surface area (Å²) >= 11 is 6.19. The van der Waals surface area contributed by atoms with Crippen molar-refractivity contribution in [3.63, 3.8) is 0 Å². The number of Topliss-reactive ketones (excluding diaryl/α,β-unsaturated/α-hetero) is 1. The fourth-order valence-corrected chi connectivity index (χ4v) is 3.30. The number of methoxy groups -OCH3 is 1. The maximum absolute atomic E-state index is 12.8. The van der Waals surface area contributed by atoms with E-state index in [1.54, 1.807) is 26.1 Å². The molecule has 166 valence electrons. The minimum atomic E-state index is -1.05. The Morgan fingerprint density at radius 1 is 1.32 bits per heavy atom. The van der Waals surface area contributed by atoms with Gasteiger partial charge in [0.2, 0.25) is 11.7 Å². The van der Waals surface area contributed by atoms with Crippen LogP contribution in [0.5, 0.6) is 0 Å². The lowest BCUT2D eigenvalue weighted by Gasteiger charge is -2.21. The highest BCUT2D eigenvalue weighted by atomic mass is 35.5. The fourth-order valence-electron chi connectivity index (χ4n) is 3.07. The summed E-state index contributed by atoms with van der Waals surface area (Å²) in [5.74, 6) is -1.67. The van der Waals surface area contributed by atoms with Crippen LogP contribution in [-0.4, -0.2) is 59.0 Å². The lowest BCUT2D eigenvalue weighted by atomic mass is 10.0. The molecule has 1 amide bonds. The van der Waals surface area contributed by atoms with E-state index in [0.29, 0.717) is 5.02 Å². The van der Waals surface area contributed by atoms with Crippen molar-refractivity contribution in [3.05, 3.63) is 40.5 Å². The van der Waals surface area contributed by atoms with E-state index >= 15 is 0 Å². The number of carbonyl (C=O) groups excluding carboxylic acids is 3. The molecule has 0 saturated heterocycles. The van der Waals surface area contributed by atoms with Crippen molar-refractivity contribution in [2.75, 3.05) is 7.11 Å². The van der Waals surface area contributed by atoms with Gasteiger partial charge in [0.25, 0.3) is 0 Å². The number of carbonyl (C=O) groups is 3. The quantitative estimate of drug-likeness (QED) is 0.235. The molecule has 0 spiro atoms. The Labute approximate surface area is 184 Å². The molecule has 2 rings (SSSR count). The topological polar surface area (TPSA) is 134 Å². The highest BCUT2D eigenvalue weighted by Crippen LogP contribution is 2.26. The van der Waals surface area contributed by atoms with Gasteiger partial charge in [-0.05, 0) is 31.9 Å². The van der Waals surface area contributed by atoms with Crippen molar-refractivity contribution in [1.29, 1.82) is 0 Å². The van der Waals surface area contributed by atoms with E-state index in [-0.39, 0.29) is 19.3 Å². The zero-order valence-electron chi connectivity index (χ0n) is 17.6. The van der Waals surface area contributed by atoms with Gasteiger partial charge in [0.1, 0.15) is 12.1 Å². The minimum absolute atomic E-state index is 0.0126. The van der Waals surface area contributed by atoms with Crippen LogP contribution < -0.4 is 5.32 Å². The van der Waals surface area contributed by atoms with Crippen molar-refractivity contribution in [2.24, 2.45) is 0 Å². The Kier molecular flexibility index (Phi) is 8.93. The molecular weight excluding hydrogens is 424 g/mol. The van der Waals surface area contributed by atoms with Crippen molar-refractivity contribution >= 4 is 46.4 Å². The summed E-state index contributed by atoms with van der Waals surface area (Å²) in [6.45, 7) is 3.36. The summed E-state index contributed by atoms with van der Waals surface area (Å²) in [7, 11) is 1.40. The third-order valence-electron chi connectivity index (χ3n) is 4.57. The summed E-state index contributed by atoms with van der Waals surface area (Å²) in [4.78, 5) is 42.6. The molecule has 0 radical (unpaired) electrons. The molecule has 0 fully saturated rings. The standard InChI is InChI=1S/C21H25ClN4O5/c1-12(2)31-21(29)17(8-7-14(27)11-25-23)26-20(28)18(30-3)9-13-10-24-19-15(13)5-4-6-16(19)22/h4-6,10-12,17-18,24H,7-9H2,1-3H3,(H,26,28)/t17-,18-/m0/s1. The molecule has 1 aromatic carbocycles. The second-order valence-electron chi connectivity index (χ2n) is 7.20. The Morgan fingerprint density at radius 2 is 2.06 bits per heavy atom. The van der Waals surface area contributed by atoms with E-state index in [1.165, 1.54) is 7.11 Å². The predicted molar refractivity (Wildman–Crippen MR) is 115 cm³/mol. The Bertz CT molecular complexity index is 997. The maximum atomic E-state index is 12.8. The second kappa shape index (κ2) is 11.4. The lowest BCUT2D eigenvalue weighted by Crippen LogP contribution is -2.48. The summed E-state index contributed by atoms with van der Waals surface area (Å²) in [5.41, 5.74) is 10.0. The van der Waals surface area contributed by atoms with Crippen LogP contribution in [0.4, 0.5) is 0 Å². The van der Waals surface area contributed by atoms with Crippen LogP contribution >= 0.6 is 11.6 Å². The zero-order valence-corrected chi connectivity index (χ0v) is 18.3. The average Bonchev–Trinajstić information content (AvgIpc) is 3.12. The maximum Gasteiger partial charge on any atom is 0.328 e. The first kappa shape index (κ1) is 24.3. The number of nitrogens with zero attached hydrogens (tertiary/aromatic N) is 2. The molecule has 2 N–H and O–H groups in total. The van der Waals surface area contributed by atoms with Gasteiger partial charge in [-0.1, -0.05) is 23.7 Å². The third-order valence-corrected chi connectivity index (χ3v) is 4.88. The monoisotopic (exact) mass is 448 g/mol. The van der Waals surface area contributed by atoms with Crippen LogP contribution in [0.2, 0.25) is 5.02 Å². The van der Waals surface area contributed by atoms with E-state index in [0.717, 1.165) is 22.7 Å². The predicted octanol–water partition coefficient (Wildman–Crippen LogP) is 2.47. The summed E-state index contributed by atoms with van der Waals surface area (Å²) in [6.07, 6.45) is 1.34. The zero-order chi connectivity index (χ0) is 23.0. The van der Waals surface area contributed by atoms with Crippen molar-refractivity contribution < 1.29 is 28.6 Å². The van der Waals surface area contributed by atoms with E-state index in [1.807, 2.05) is 12.1 Å². The third kappa shape index (κ3) is 6.75. The molecule has 9 nitrogen and oxygen atoms in total. The van der Waals surface area contributed by atoms with Gasteiger partial charge < -0.3 is 25.3 Å². The van der Waals surface area contributed by atoms with Crippen LogP contribution in [0.25, 0.3) is 16.4 Å². The molecule has 0 aliphatic heterocycles. The summed E-state index contributed by atoms with van der Waals surface area (Å²) < 4.78 is 10.5. The van der Waals surface area contributed by atoms with Gasteiger partial charge >= 0.3 is 12.2 Å². The van der Waals surface area contributed by atoms with Crippen LogP contribution in [0.15, 0.2) is 24.4 Å². The van der Waals surface area contributed by atoms with Gasteiger partial charge in [0, 0.05) is 31.5 Å². The lowest BCUT2D eigenvalue weighted by molar-refractivity contribution is -0.152. The number of fused-ring (bicyclic) bond motifs is 1. The largest absolute Gasteiger partial charge is 0.461 e. The van der Waals surface area contributed by atoms with Crippen molar-refractivity contribution in [2.45, 2.75) is 51.4 Å². The van der Waals surface area contributed by atoms with Crippen molar-refractivity contribution in [3.8, 4) is 0 Å². The fraction of sp³-hybridized carbons (Fsp3) is 0.429. The number of hydrogen-bond donors (Lipinski definition) is 2. The number of aromatic amines is 1. The van der Waals surface area contributed by atoms with Crippen LogP contribution in [0, 0.1) is 0 Å². The van der Waals surface area contributed by atoms with Gasteiger partial charge in [-0.3, -0.25) is 9.59 Å². The number of ketones is 1. The summed E-state index contributed by atoms with van der Waals surface area (Å²) in [5, 5.41) is 4.04. The first-order valence-electron chi connectivity index (χ1n) is 9.75. The van der Waals surface area contributed by atoms with E-state index in [2.05, 4.69) is 15.1 Å². The SMILES string of the molecule is CO[C@@H](Cc1c[nH]c2c(Cl)cccc12)C(=O)N[C@@H](CCC(=O)C=[N+]=[N-])C(=O)OC(C)C. The average molecular weight is 449 g/mol. The number of H-pyrrole nitrogens is 1. The Balaban J connectivity index is 2.14. The van der Waals surface area contributed by atoms with Gasteiger partial charge in [-0.15, -0.1) is 0 Å².